The average molecular weight is 270 g/mol. The molecule has 0 saturated heterocycles. The van der Waals surface area contributed by atoms with E-state index < -0.39 is 0 Å². The summed E-state index contributed by atoms with van der Waals surface area (Å²) >= 11 is 2.30. The van der Waals surface area contributed by atoms with Crippen LogP contribution >= 0.6 is 22.6 Å². The van der Waals surface area contributed by atoms with Crippen LogP contribution in [0.25, 0.3) is 11.1 Å². The van der Waals surface area contributed by atoms with Gasteiger partial charge in [0.05, 0.1) is 6.20 Å². The molecule has 1 aromatic carbocycles. The lowest BCUT2D eigenvalue weighted by atomic mass is 10.1. The molecule has 0 radical (unpaired) electrons. The van der Waals surface area contributed by atoms with Crippen LogP contribution in [0.4, 0.5) is 0 Å². The van der Waals surface area contributed by atoms with Crippen LogP contribution in [0.1, 0.15) is 0 Å². The lowest BCUT2D eigenvalue weighted by Crippen LogP contribution is -1.74. The van der Waals surface area contributed by atoms with Crippen LogP contribution in [-0.4, -0.2) is 10.2 Å². The van der Waals surface area contributed by atoms with Gasteiger partial charge in [-0.2, -0.15) is 5.10 Å². The fourth-order valence-corrected chi connectivity index (χ4v) is 1.62. The lowest BCUT2D eigenvalue weighted by molar-refractivity contribution is 1.09. The van der Waals surface area contributed by atoms with E-state index in [2.05, 4.69) is 51.0 Å². The summed E-state index contributed by atoms with van der Waals surface area (Å²) in [5.41, 5.74) is 2.34. The first kappa shape index (κ1) is 7.79. The molecule has 2 rings (SSSR count). The Morgan fingerprint density at radius 1 is 1.25 bits per heavy atom. The standard InChI is InChI=1S/C9H7IN2/c10-9-3-1-2-7(4-9)8-5-11-12-6-8/h1-6H,(H,11,12). The van der Waals surface area contributed by atoms with E-state index in [0.29, 0.717) is 0 Å². The second-order valence-electron chi connectivity index (χ2n) is 2.50. The van der Waals surface area contributed by atoms with Gasteiger partial charge in [0.15, 0.2) is 0 Å². The van der Waals surface area contributed by atoms with Crippen LogP contribution in [0.5, 0.6) is 0 Å². The van der Waals surface area contributed by atoms with E-state index in [1.807, 2.05) is 18.5 Å². The molecule has 2 nitrogen and oxygen atoms in total. The Morgan fingerprint density at radius 3 is 2.83 bits per heavy atom. The van der Waals surface area contributed by atoms with Crippen LogP contribution in [0.3, 0.4) is 0 Å². The summed E-state index contributed by atoms with van der Waals surface area (Å²) in [6.45, 7) is 0. The van der Waals surface area contributed by atoms with Gasteiger partial charge in [-0.3, -0.25) is 5.10 Å². The Bertz CT molecular complexity index is 368. The second kappa shape index (κ2) is 3.26. The summed E-state index contributed by atoms with van der Waals surface area (Å²) in [4.78, 5) is 0. The van der Waals surface area contributed by atoms with Crippen LogP contribution in [0.15, 0.2) is 36.7 Å². The van der Waals surface area contributed by atoms with E-state index in [4.69, 9.17) is 0 Å². The fourth-order valence-electron chi connectivity index (χ4n) is 1.08. The molecule has 0 aliphatic rings. The summed E-state index contributed by atoms with van der Waals surface area (Å²) in [6, 6.07) is 8.33. The van der Waals surface area contributed by atoms with Crippen molar-refractivity contribution in [2.45, 2.75) is 0 Å². The molecule has 0 amide bonds. The van der Waals surface area contributed by atoms with Gasteiger partial charge in [0.2, 0.25) is 0 Å². The van der Waals surface area contributed by atoms with Gasteiger partial charge in [-0.1, -0.05) is 12.1 Å². The van der Waals surface area contributed by atoms with E-state index in [1.54, 1.807) is 0 Å². The molecule has 0 fully saturated rings. The van der Waals surface area contributed by atoms with Gasteiger partial charge in [0.25, 0.3) is 0 Å². The number of hydrogen-bond acceptors (Lipinski definition) is 1. The smallest absolute Gasteiger partial charge is 0.0565 e. The van der Waals surface area contributed by atoms with Gasteiger partial charge in [-0.15, -0.1) is 0 Å². The summed E-state index contributed by atoms with van der Waals surface area (Å²) in [5.74, 6) is 0. The first-order chi connectivity index (χ1) is 5.86. The van der Waals surface area contributed by atoms with Crippen LogP contribution in [0, 0.1) is 3.57 Å². The van der Waals surface area contributed by atoms with Crippen molar-refractivity contribution in [2.24, 2.45) is 0 Å². The highest BCUT2D eigenvalue weighted by Crippen LogP contribution is 2.19. The molecule has 0 aliphatic carbocycles. The molecule has 1 heterocycles. The van der Waals surface area contributed by atoms with Crippen molar-refractivity contribution in [3.05, 3.63) is 40.2 Å². The third kappa shape index (κ3) is 1.50. The highest BCUT2D eigenvalue weighted by Gasteiger charge is 1.97. The highest BCUT2D eigenvalue weighted by molar-refractivity contribution is 14.1. The Hall–Kier alpha value is -0.840. The second-order valence-corrected chi connectivity index (χ2v) is 3.74. The van der Waals surface area contributed by atoms with Crippen molar-refractivity contribution in [3.63, 3.8) is 0 Å². The van der Waals surface area contributed by atoms with Crippen LogP contribution < -0.4 is 0 Å². The zero-order valence-corrected chi connectivity index (χ0v) is 8.45. The normalized spacial score (nSPS) is 10.1. The third-order valence-corrected chi connectivity index (χ3v) is 2.33. The summed E-state index contributed by atoms with van der Waals surface area (Å²) in [7, 11) is 0. The molecule has 60 valence electrons. The number of rotatable bonds is 1. The monoisotopic (exact) mass is 270 g/mol. The Kier molecular flexibility index (Phi) is 2.12. The van der Waals surface area contributed by atoms with Gasteiger partial charge in [0, 0.05) is 15.3 Å². The zero-order valence-electron chi connectivity index (χ0n) is 6.29. The van der Waals surface area contributed by atoms with Gasteiger partial charge in [-0.25, -0.2) is 0 Å². The van der Waals surface area contributed by atoms with Crippen LogP contribution in [0.2, 0.25) is 0 Å². The average Bonchev–Trinajstić information content (AvgIpc) is 2.56. The maximum atomic E-state index is 3.90. The molecule has 0 bridgehead atoms. The summed E-state index contributed by atoms with van der Waals surface area (Å²) < 4.78 is 1.24. The van der Waals surface area contributed by atoms with Gasteiger partial charge < -0.3 is 0 Å². The summed E-state index contributed by atoms with van der Waals surface area (Å²) in [6.07, 6.45) is 3.72. The molecular weight excluding hydrogens is 263 g/mol. The zero-order chi connectivity index (χ0) is 8.39. The highest BCUT2D eigenvalue weighted by atomic mass is 127. The predicted octanol–water partition coefficient (Wildman–Crippen LogP) is 2.68. The molecule has 0 unspecified atom stereocenters. The van der Waals surface area contributed by atoms with E-state index >= 15 is 0 Å². The minimum atomic E-state index is 1.13. The van der Waals surface area contributed by atoms with Crippen molar-refractivity contribution < 1.29 is 0 Å². The molecule has 12 heavy (non-hydrogen) atoms. The SMILES string of the molecule is Ic1cccc(-c2cn[nH]c2)c1. The number of aromatic amines is 1. The minimum absolute atomic E-state index is 1.13. The molecule has 0 saturated carbocycles. The van der Waals surface area contributed by atoms with Crippen molar-refractivity contribution in [1.82, 2.24) is 10.2 Å². The molecule has 1 aromatic heterocycles. The van der Waals surface area contributed by atoms with Gasteiger partial charge in [0.1, 0.15) is 0 Å². The Labute approximate surface area is 84.1 Å². The van der Waals surface area contributed by atoms with Gasteiger partial charge in [-0.05, 0) is 40.3 Å². The molecule has 0 spiro atoms. The first-order valence-electron chi connectivity index (χ1n) is 3.61. The maximum absolute atomic E-state index is 3.90. The van der Waals surface area contributed by atoms with E-state index in [1.165, 1.54) is 9.13 Å². The van der Waals surface area contributed by atoms with Crippen molar-refractivity contribution in [2.75, 3.05) is 0 Å². The van der Waals surface area contributed by atoms with Crippen LogP contribution in [-0.2, 0) is 0 Å². The topological polar surface area (TPSA) is 28.7 Å². The minimum Gasteiger partial charge on any atom is -0.285 e. The number of hydrogen-bond donors (Lipinski definition) is 1. The maximum Gasteiger partial charge on any atom is 0.0565 e. The fraction of sp³-hybridized carbons (Fsp3) is 0. The number of aromatic nitrogens is 2. The Balaban J connectivity index is 2.48. The molecule has 3 heteroatoms. The lowest BCUT2D eigenvalue weighted by Gasteiger charge is -1.96. The molecule has 0 atom stereocenters. The number of nitrogens with zero attached hydrogens (tertiary/aromatic N) is 1. The molecular formula is C9H7IN2. The number of H-pyrrole nitrogens is 1. The van der Waals surface area contributed by atoms with E-state index in [9.17, 15) is 0 Å². The predicted molar refractivity (Wildman–Crippen MR) is 56.7 cm³/mol. The van der Waals surface area contributed by atoms with Crippen molar-refractivity contribution >= 4 is 22.6 Å². The number of benzene rings is 1. The van der Waals surface area contributed by atoms with E-state index in [0.717, 1.165) is 5.56 Å². The summed E-state index contributed by atoms with van der Waals surface area (Å²) in [5, 5.41) is 6.70. The van der Waals surface area contributed by atoms with Gasteiger partial charge >= 0.3 is 0 Å². The molecule has 2 aromatic rings. The Morgan fingerprint density at radius 2 is 2.17 bits per heavy atom. The number of nitrogens with one attached hydrogen (secondary N) is 1. The largest absolute Gasteiger partial charge is 0.285 e. The van der Waals surface area contributed by atoms with E-state index in [-0.39, 0.29) is 0 Å². The van der Waals surface area contributed by atoms with Crippen molar-refractivity contribution in [3.8, 4) is 11.1 Å². The molecule has 1 N–H and O–H groups in total. The number of halogens is 1. The quantitative estimate of drug-likeness (QED) is 0.793. The third-order valence-electron chi connectivity index (χ3n) is 1.66. The first-order valence-corrected chi connectivity index (χ1v) is 4.69. The van der Waals surface area contributed by atoms with Crippen molar-refractivity contribution in [1.29, 1.82) is 0 Å². The molecule has 0 aliphatic heterocycles.